The molecule has 0 unspecified atom stereocenters. The van der Waals surface area contributed by atoms with E-state index in [1.54, 1.807) is 0 Å². The molecular formula is C22H29ClN2O. The van der Waals surface area contributed by atoms with Crippen molar-refractivity contribution >= 4 is 23.2 Å². The SMILES string of the molecule is Cc1ccc(N2CCN(C(=O)C34CC5CC(CC(C5)C3)C4)CC2)cc1Cl. The lowest BCUT2D eigenvalue weighted by Gasteiger charge is -2.57. The van der Waals surface area contributed by atoms with Crippen molar-refractivity contribution in [3.05, 3.63) is 28.8 Å². The van der Waals surface area contributed by atoms with Gasteiger partial charge >= 0.3 is 0 Å². The Morgan fingerprint density at radius 2 is 1.58 bits per heavy atom. The van der Waals surface area contributed by atoms with Crippen LogP contribution in [0.4, 0.5) is 5.69 Å². The van der Waals surface area contributed by atoms with Gasteiger partial charge in [0.05, 0.1) is 5.41 Å². The van der Waals surface area contributed by atoms with E-state index in [2.05, 4.69) is 28.0 Å². The summed E-state index contributed by atoms with van der Waals surface area (Å²) in [5, 5.41) is 0.828. The average Bonchev–Trinajstić information content (AvgIpc) is 2.62. The third-order valence-corrected chi connectivity index (χ3v) is 7.99. The topological polar surface area (TPSA) is 23.6 Å². The Morgan fingerprint density at radius 3 is 2.12 bits per heavy atom. The van der Waals surface area contributed by atoms with Crippen molar-refractivity contribution in [3.8, 4) is 0 Å². The number of benzene rings is 1. The number of anilines is 1. The lowest BCUT2D eigenvalue weighted by molar-refractivity contribution is -0.158. The number of aryl methyl sites for hydroxylation is 1. The summed E-state index contributed by atoms with van der Waals surface area (Å²) in [7, 11) is 0. The monoisotopic (exact) mass is 372 g/mol. The van der Waals surface area contributed by atoms with Crippen LogP contribution in [-0.2, 0) is 4.79 Å². The molecular weight excluding hydrogens is 344 g/mol. The van der Waals surface area contributed by atoms with E-state index in [9.17, 15) is 4.79 Å². The molecule has 4 heteroatoms. The summed E-state index contributed by atoms with van der Waals surface area (Å²) in [5.74, 6) is 2.99. The predicted octanol–water partition coefficient (Wildman–Crippen LogP) is 4.51. The van der Waals surface area contributed by atoms with Crippen molar-refractivity contribution in [1.82, 2.24) is 4.90 Å². The molecule has 5 fully saturated rings. The van der Waals surface area contributed by atoms with Gasteiger partial charge in [0.2, 0.25) is 5.91 Å². The highest BCUT2D eigenvalue weighted by atomic mass is 35.5. The summed E-state index contributed by atoms with van der Waals surface area (Å²) in [6.45, 7) is 5.57. The molecule has 0 spiro atoms. The number of nitrogens with zero attached hydrogens (tertiary/aromatic N) is 2. The second-order valence-electron chi connectivity index (χ2n) is 9.41. The fourth-order valence-corrected chi connectivity index (χ4v) is 6.83. The molecule has 3 nitrogen and oxygen atoms in total. The fraction of sp³-hybridized carbons (Fsp3) is 0.682. The Hall–Kier alpha value is -1.22. The zero-order valence-corrected chi connectivity index (χ0v) is 16.5. The Labute approximate surface area is 161 Å². The standard InChI is InChI=1S/C22H29ClN2O/c1-15-2-3-19(11-20(15)23)24-4-6-25(7-5-24)21(26)22-12-16-8-17(13-22)10-18(9-16)14-22/h2-3,11,16-18H,4-10,12-14H2,1H3. The lowest BCUT2D eigenvalue weighted by atomic mass is 9.49. The van der Waals surface area contributed by atoms with Crippen LogP contribution in [0.25, 0.3) is 0 Å². The van der Waals surface area contributed by atoms with Gasteiger partial charge in [-0.3, -0.25) is 4.79 Å². The van der Waals surface area contributed by atoms with Crippen LogP contribution < -0.4 is 4.90 Å². The third kappa shape index (κ3) is 2.74. The number of amides is 1. The maximum Gasteiger partial charge on any atom is 0.228 e. The van der Waals surface area contributed by atoms with Crippen LogP contribution in [0.5, 0.6) is 0 Å². The predicted molar refractivity (Wildman–Crippen MR) is 106 cm³/mol. The van der Waals surface area contributed by atoms with Gasteiger partial charge in [-0.15, -0.1) is 0 Å². The molecule has 5 aliphatic rings. The first-order valence-electron chi connectivity index (χ1n) is 10.3. The van der Waals surface area contributed by atoms with Gasteiger partial charge < -0.3 is 9.80 Å². The van der Waals surface area contributed by atoms with Crippen LogP contribution in [-0.4, -0.2) is 37.0 Å². The Morgan fingerprint density at radius 1 is 1.00 bits per heavy atom. The minimum atomic E-state index is 0.00405. The second-order valence-corrected chi connectivity index (χ2v) is 9.82. The molecule has 26 heavy (non-hydrogen) atoms. The number of rotatable bonds is 2. The normalized spacial score (nSPS) is 35.8. The van der Waals surface area contributed by atoms with Crippen molar-refractivity contribution < 1.29 is 4.79 Å². The van der Waals surface area contributed by atoms with E-state index in [1.165, 1.54) is 44.2 Å². The molecule has 0 aromatic heterocycles. The fourth-order valence-electron chi connectivity index (χ4n) is 6.65. The lowest BCUT2D eigenvalue weighted by Crippen LogP contribution is -2.58. The van der Waals surface area contributed by atoms with Gasteiger partial charge in [-0.25, -0.2) is 0 Å². The quantitative estimate of drug-likeness (QED) is 0.762. The molecule has 0 atom stereocenters. The molecule has 1 aliphatic heterocycles. The number of hydrogen-bond acceptors (Lipinski definition) is 2. The first kappa shape index (κ1) is 16.9. The molecule has 0 N–H and O–H groups in total. The highest BCUT2D eigenvalue weighted by Crippen LogP contribution is 2.60. The Kier molecular flexibility index (Phi) is 4.00. The van der Waals surface area contributed by atoms with Gasteiger partial charge in [0.25, 0.3) is 0 Å². The van der Waals surface area contributed by atoms with Crippen molar-refractivity contribution in [2.45, 2.75) is 45.4 Å². The summed E-state index contributed by atoms with van der Waals surface area (Å²) in [5.41, 5.74) is 2.30. The zero-order valence-electron chi connectivity index (χ0n) is 15.7. The smallest absolute Gasteiger partial charge is 0.228 e. The molecule has 0 radical (unpaired) electrons. The van der Waals surface area contributed by atoms with Gasteiger partial charge in [-0.05, 0) is 80.9 Å². The first-order valence-corrected chi connectivity index (χ1v) is 10.7. The minimum absolute atomic E-state index is 0.00405. The van der Waals surface area contributed by atoms with Gasteiger partial charge in [0.15, 0.2) is 0 Å². The molecule has 140 valence electrons. The molecule has 1 heterocycles. The van der Waals surface area contributed by atoms with Crippen molar-refractivity contribution in [1.29, 1.82) is 0 Å². The molecule has 6 rings (SSSR count). The van der Waals surface area contributed by atoms with Gasteiger partial charge in [-0.2, -0.15) is 0 Å². The summed E-state index contributed by atoms with van der Waals surface area (Å²) in [6, 6.07) is 6.30. The van der Waals surface area contributed by atoms with Gasteiger partial charge in [0.1, 0.15) is 0 Å². The maximum atomic E-state index is 13.5. The number of piperazine rings is 1. The molecule has 1 saturated heterocycles. The van der Waals surface area contributed by atoms with Crippen LogP contribution in [0.15, 0.2) is 18.2 Å². The highest BCUT2D eigenvalue weighted by Gasteiger charge is 2.55. The zero-order chi connectivity index (χ0) is 17.9. The summed E-state index contributed by atoms with van der Waals surface area (Å²) >= 11 is 6.30. The first-order chi connectivity index (χ1) is 12.5. The van der Waals surface area contributed by atoms with Crippen LogP contribution in [0.1, 0.15) is 44.1 Å². The van der Waals surface area contributed by atoms with Crippen molar-refractivity contribution in [2.75, 3.05) is 31.1 Å². The van der Waals surface area contributed by atoms with E-state index >= 15 is 0 Å². The van der Waals surface area contributed by atoms with Crippen LogP contribution in [0.2, 0.25) is 5.02 Å². The maximum absolute atomic E-state index is 13.5. The van der Waals surface area contributed by atoms with E-state index in [-0.39, 0.29) is 5.41 Å². The molecule has 1 aromatic rings. The summed E-state index contributed by atoms with van der Waals surface area (Å²) in [6.07, 6.45) is 7.71. The summed E-state index contributed by atoms with van der Waals surface area (Å²) < 4.78 is 0. The number of carbonyl (C=O) groups excluding carboxylic acids is 1. The van der Waals surface area contributed by atoms with E-state index < -0.39 is 0 Å². The molecule has 1 amide bonds. The van der Waals surface area contributed by atoms with Crippen LogP contribution in [0, 0.1) is 30.1 Å². The van der Waals surface area contributed by atoms with Gasteiger partial charge in [-0.1, -0.05) is 17.7 Å². The van der Waals surface area contributed by atoms with E-state index in [4.69, 9.17) is 11.6 Å². The Balaban J connectivity index is 1.27. The summed E-state index contributed by atoms with van der Waals surface area (Å²) in [4.78, 5) is 18.0. The van der Waals surface area contributed by atoms with Crippen molar-refractivity contribution in [3.63, 3.8) is 0 Å². The number of halogens is 1. The van der Waals surface area contributed by atoms with Gasteiger partial charge in [0, 0.05) is 36.9 Å². The molecule has 4 bridgehead atoms. The average molecular weight is 373 g/mol. The molecule has 4 saturated carbocycles. The second kappa shape index (κ2) is 6.15. The Bertz CT molecular complexity index is 688. The van der Waals surface area contributed by atoms with Crippen LogP contribution >= 0.6 is 11.6 Å². The number of hydrogen-bond donors (Lipinski definition) is 0. The van der Waals surface area contributed by atoms with E-state index in [0.717, 1.165) is 54.5 Å². The van der Waals surface area contributed by atoms with Crippen molar-refractivity contribution in [2.24, 2.45) is 23.2 Å². The molecule has 4 aliphatic carbocycles. The minimum Gasteiger partial charge on any atom is -0.368 e. The van der Waals surface area contributed by atoms with E-state index in [0.29, 0.717) is 5.91 Å². The largest absolute Gasteiger partial charge is 0.368 e. The number of carbonyl (C=O) groups is 1. The molecule has 1 aromatic carbocycles. The van der Waals surface area contributed by atoms with E-state index in [1.807, 2.05) is 6.92 Å². The highest BCUT2D eigenvalue weighted by molar-refractivity contribution is 6.31. The third-order valence-electron chi connectivity index (χ3n) is 7.58. The van der Waals surface area contributed by atoms with Crippen LogP contribution in [0.3, 0.4) is 0 Å².